The fourth-order valence-electron chi connectivity index (χ4n) is 1.87. The van der Waals surface area contributed by atoms with Crippen LogP contribution in [0.3, 0.4) is 0 Å². The third-order valence-corrected chi connectivity index (χ3v) is 3.83. The SMILES string of the molecule is CCC(C)(CN)C(C)(O)c1cc(F)cc(F)c1. The number of benzene rings is 1. The summed E-state index contributed by atoms with van der Waals surface area (Å²) >= 11 is 0. The van der Waals surface area contributed by atoms with Crippen LogP contribution in [0.4, 0.5) is 8.78 Å². The molecule has 96 valence electrons. The smallest absolute Gasteiger partial charge is 0.126 e. The fraction of sp³-hybridized carbons (Fsp3) is 0.538. The molecule has 0 aliphatic heterocycles. The molecule has 0 heterocycles. The Kier molecular flexibility index (Phi) is 3.89. The third kappa shape index (κ3) is 2.48. The molecule has 1 aromatic carbocycles. The monoisotopic (exact) mass is 243 g/mol. The van der Waals surface area contributed by atoms with Crippen molar-refractivity contribution >= 4 is 0 Å². The van der Waals surface area contributed by atoms with E-state index < -0.39 is 22.7 Å². The second kappa shape index (κ2) is 4.70. The van der Waals surface area contributed by atoms with Gasteiger partial charge in [0.15, 0.2) is 0 Å². The van der Waals surface area contributed by atoms with Crippen molar-refractivity contribution in [3.63, 3.8) is 0 Å². The van der Waals surface area contributed by atoms with Crippen molar-refractivity contribution in [3.8, 4) is 0 Å². The lowest BCUT2D eigenvalue weighted by molar-refractivity contribution is -0.0650. The quantitative estimate of drug-likeness (QED) is 0.853. The normalized spacial score (nSPS) is 18.5. The molecule has 2 unspecified atom stereocenters. The summed E-state index contributed by atoms with van der Waals surface area (Å²) in [5, 5.41) is 10.5. The van der Waals surface area contributed by atoms with Crippen LogP contribution in [-0.2, 0) is 5.60 Å². The van der Waals surface area contributed by atoms with E-state index in [4.69, 9.17) is 5.73 Å². The Morgan fingerprint density at radius 2 is 1.65 bits per heavy atom. The van der Waals surface area contributed by atoms with E-state index in [1.165, 1.54) is 6.92 Å². The molecule has 0 aliphatic carbocycles. The summed E-state index contributed by atoms with van der Waals surface area (Å²) in [6, 6.07) is 3.07. The second-order valence-electron chi connectivity index (χ2n) is 4.85. The van der Waals surface area contributed by atoms with Crippen LogP contribution in [0.25, 0.3) is 0 Å². The first-order valence-corrected chi connectivity index (χ1v) is 5.66. The maximum atomic E-state index is 13.2. The van der Waals surface area contributed by atoms with Gasteiger partial charge >= 0.3 is 0 Å². The van der Waals surface area contributed by atoms with Crippen LogP contribution in [0.15, 0.2) is 18.2 Å². The molecule has 0 saturated heterocycles. The number of rotatable bonds is 4. The minimum Gasteiger partial charge on any atom is -0.385 e. The molecular weight excluding hydrogens is 224 g/mol. The molecule has 1 rings (SSSR count). The highest BCUT2D eigenvalue weighted by atomic mass is 19.1. The van der Waals surface area contributed by atoms with Crippen molar-refractivity contribution in [2.45, 2.75) is 32.8 Å². The van der Waals surface area contributed by atoms with Gasteiger partial charge in [-0.25, -0.2) is 8.78 Å². The lowest BCUT2D eigenvalue weighted by Crippen LogP contribution is -2.46. The molecule has 0 fully saturated rings. The minimum atomic E-state index is -1.38. The molecule has 0 aromatic heterocycles. The fourth-order valence-corrected chi connectivity index (χ4v) is 1.87. The topological polar surface area (TPSA) is 46.2 Å². The predicted molar refractivity (Wildman–Crippen MR) is 63.4 cm³/mol. The largest absolute Gasteiger partial charge is 0.385 e. The highest BCUT2D eigenvalue weighted by molar-refractivity contribution is 5.26. The number of hydrogen-bond acceptors (Lipinski definition) is 2. The number of halogens is 2. The molecule has 2 atom stereocenters. The first-order valence-electron chi connectivity index (χ1n) is 5.66. The van der Waals surface area contributed by atoms with Gasteiger partial charge in [0.2, 0.25) is 0 Å². The van der Waals surface area contributed by atoms with Gasteiger partial charge in [0.1, 0.15) is 11.6 Å². The molecule has 0 spiro atoms. The van der Waals surface area contributed by atoms with Crippen molar-refractivity contribution in [3.05, 3.63) is 35.4 Å². The van der Waals surface area contributed by atoms with Gasteiger partial charge < -0.3 is 10.8 Å². The van der Waals surface area contributed by atoms with Gasteiger partial charge in [0, 0.05) is 18.0 Å². The average Bonchev–Trinajstić information content (AvgIpc) is 2.26. The Hall–Kier alpha value is -1.00. The lowest BCUT2D eigenvalue weighted by atomic mass is 9.69. The molecular formula is C13H19F2NO. The Morgan fingerprint density at radius 3 is 2.00 bits per heavy atom. The van der Waals surface area contributed by atoms with Crippen LogP contribution >= 0.6 is 0 Å². The average molecular weight is 243 g/mol. The van der Waals surface area contributed by atoms with Crippen LogP contribution in [0, 0.1) is 17.0 Å². The molecule has 0 aliphatic rings. The summed E-state index contributed by atoms with van der Waals surface area (Å²) in [7, 11) is 0. The van der Waals surface area contributed by atoms with E-state index in [0.29, 0.717) is 6.42 Å². The summed E-state index contributed by atoms with van der Waals surface area (Å²) in [4.78, 5) is 0. The zero-order valence-corrected chi connectivity index (χ0v) is 10.4. The molecule has 1 aromatic rings. The Bertz CT molecular complexity index is 380. The van der Waals surface area contributed by atoms with Gasteiger partial charge in [-0.3, -0.25) is 0 Å². The third-order valence-electron chi connectivity index (χ3n) is 3.83. The standard InChI is InChI=1S/C13H19F2NO/c1-4-12(2,8-16)13(3,17)9-5-10(14)7-11(15)6-9/h5-7,17H,4,8,16H2,1-3H3. The van der Waals surface area contributed by atoms with E-state index >= 15 is 0 Å². The van der Waals surface area contributed by atoms with Crippen LogP contribution in [0.2, 0.25) is 0 Å². The first-order chi connectivity index (χ1) is 7.76. The van der Waals surface area contributed by atoms with Gasteiger partial charge in [-0.05, 0) is 31.0 Å². The predicted octanol–water partition coefficient (Wildman–Crippen LogP) is 2.55. The van der Waals surface area contributed by atoms with Crippen molar-refractivity contribution in [2.24, 2.45) is 11.1 Å². The van der Waals surface area contributed by atoms with Gasteiger partial charge in [0.05, 0.1) is 5.60 Å². The van der Waals surface area contributed by atoms with Crippen LogP contribution < -0.4 is 5.73 Å². The van der Waals surface area contributed by atoms with Gasteiger partial charge in [-0.15, -0.1) is 0 Å². The highest BCUT2D eigenvalue weighted by Gasteiger charge is 2.42. The van der Waals surface area contributed by atoms with Crippen LogP contribution in [0.1, 0.15) is 32.8 Å². The molecule has 4 heteroatoms. The maximum Gasteiger partial charge on any atom is 0.126 e. The zero-order chi connectivity index (χ0) is 13.3. The molecule has 0 radical (unpaired) electrons. The maximum absolute atomic E-state index is 13.2. The minimum absolute atomic E-state index is 0.213. The van der Waals surface area contributed by atoms with Crippen molar-refractivity contribution in [1.29, 1.82) is 0 Å². The van der Waals surface area contributed by atoms with Crippen molar-refractivity contribution in [1.82, 2.24) is 0 Å². The summed E-state index contributed by atoms with van der Waals surface area (Å²) in [5.41, 5.74) is 3.88. The van der Waals surface area contributed by atoms with E-state index in [2.05, 4.69) is 0 Å². The first kappa shape index (κ1) is 14.1. The van der Waals surface area contributed by atoms with E-state index in [1.807, 2.05) is 6.92 Å². The summed E-state index contributed by atoms with van der Waals surface area (Å²) in [6.07, 6.45) is 0.606. The van der Waals surface area contributed by atoms with Crippen LogP contribution in [-0.4, -0.2) is 11.7 Å². The molecule has 0 saturated carbocycles. The Balaban J connectivity index is 3.29. The summed E-state index contributed by atoms with van der Waals surface area (Å²) in [6.45, 7) is 5.46. The van der Waals surface area contributed by atoms with Crippen molar-refractivity contribution < 1.29 is 13.9 Å². The van der Waals surface area contributed by atoms with E-state index in [-0.39, 0.29) is 12.1 Å². The van der Waals surface area contributed by atoms with Gasteiger partial charge in [-0.2, -0.15) is 0 Å². The van der Waals surface area contributed by atoms with Gasteiger partial charge in [0.25, 0.3) is 0 Å². The molecule has 0 amide bonds. The Morgan fingerprint density at radius 1 is 1.18 bits per heavy atom. The number of hydrogen-bond donors (Lipinski definition) is 2. The van der Waals surface area contributed by atoms with Crippen LogP contribution in [0.5, 0.6) is 0 Å². The van der Waals surface area contributed by atoms with E-state index in [9.17, 15) is 13.9 Å². The summed E-state index contributed by atoms with van der Waals surface area (Å²) < 4.78 is 26.3. The molecule has 2 nitrogen and oxygen atoms in total. The summed E-state index contributed by atoms with van der Waals surface area (Å²) in [5.74, 6) is -1.40. The van der Waals surface area contributed by atoms with E-state index in [0.717, 1.165) is 18.2 Å². The Labute approximate surface area is 100 Å². The molecule has 17 heavy (non-hydrogen) atoms. The van der Waals surface area contributed by atoms with E-state index in [1.54, 1.807) is 6.92 Å². The number of nitrogens with two attached hydrogens (primary N) is 1. The second-order valence-corrected chi connectivity index (χ2v) is 4.85. The van der Waals surface area contributed by atoms with Crippen molar-refractivity contribution in [2.75, 3.05) is 6.54 Å². The zero-order valence-electron chi connectivity index (χ0n) is 10.4. The lowest BCUT2D eigenvalue weighted by Gasteiger charge is -2.42. The molecule has 3 N–H and O–H groups in total. The van der Waals surface area contributed by atoms with Gasteiger partial charge in [-0.1, -0.05) is 13.8 Å². The number of aliphatic hydroxyl groups is 1. The molecule has 0 bridgehead atoms. The highest BCUT2D eigenvalue weighted by Crippen LogP contribution is 2.41.